The quantitative estimate of drug-likeness (QED) is 0.611. The molecular formula is C20H23NOS. The van der Waals surface area contributed by atoms with Crippen LogP contribution in [0.25, 0.3) is 0 Å². The van der Waals surface area contributed by atoms with Crippen molar-refractivity contribution in [3.8, 4) is 0 Å². The maximum absolute atomic E-state index is 12.7. The van der Waals surface area contributed by atoms with Gasteiger partial charge in [-0.2, -0.15) is 0 Å². The number of hydrogen-bond acceptors (Lipinski definition) is 2. The highest BCUT2D eigenvalue weighted by atomic mass is 32.2. The average Bonchev–Trinajstić information content (AvgIpc) is 2.61. The van der Waals surface area contributed by atoms with E-state index in [4.69, 9.17) is 0 Å². The fraction of sp³-hybridized carbons (Fsp3) is 0.250. The Balaban J connectivity index is 2.09. The molecule has 0 heterocycles. The van der Waals surface area contributed by atoms with Crippen LogP contribution in [0, 0.1) is 0 Å². The number of thioether (sulfide) groups is 1. The van der Waals surface area contributed by atoms with Crippen molar-refractivity contribution < 1.29 is 4.79 Å². The molecule has 23 heavy (non-hydrogen) atoms. The molecule has 0 spiro atoms. The van der Waals surface area contributed by atoms with Crippen LogP contribution in [0.5, 0.6) is 0 Å². The molecule has 0 saturated heterocycles. The number of nitrogens with zero attached hydrogens (tertiary/aromatic N) is 1. The summed E-state index contributed by atoms with van der Waals surface area (Å²) in [4.78, 5) is 14.5. The molecule has 2 nitrogen and oxygen atoms in total. The zero-order chi connectivity index (χ0) is 16.3. The zero-order valence-corrected chi connectivity index (χ0v) is 14.3. The van der Waals surface area contributed by atoms with Crippen LogP contribution in [0.4, 0.5) is 0 Å². The minimum Gasteiger partial charge on any atom is -0.310 e. The smallest absolute Gasteiger partial charge is 0.258 e. The fourth-order valence-electron chi connectivity index (χ4n) is 2.13. The van der Waals surface area contributed by atoms with Crippen molar-refractivity contribution in [3.63, 3.8) is 0 Å². The van der Waals surface area contributed by atoms with Crippen LogP contribution in [0.15, 0.2) is 72.3 Å². The summed E-state index contributed by atoms with van der Waals surface area (Å²) in [5, 5.41) is 2.03. The van der Waals surface area contributed by atoms with Gasteiger partial charge in [-0.1, -0.05) is 61.9 Å². The lowest BCUT2D eigenvalue weighted by Gasteiger charge is -2.18. The molecule has 0 aromatic heterocycles. The largest absolute Gasteiger partial charge is 0.310 e. The first-order valence-electron chi connectivity index (χ1n) is 7.99. The first kappa shape index (κ1) is 17.4. The highest BCUT2D eigenvalue weighted by molar-refractivity contribution is 8.02. The normalized spacial score (nSPS) is 10.8. The summed E-state index contributed by atoms with van der Waals surface area (Å²) in [7, 11) is 0. The molecule has 2 rings (SSSR count). The van der Waals surface area contributed by atoms with Crippen LogP contribution in [0.3, 0.4) is 0 Å². The van der Waals surface area contributed by atoms with Gasteiger partial charge in [-0.05, 0) is 35.3 Å². The highest BCUT2D eigenvalue weighted by Gasteiger charge is 2.13. The predicted octanol–water partition coefficient (Wildman–Crippen LogP) is 5.33. The molecule has 0 bridgehead atoms. The van der Waals surface area contributed by atoms with Gasteiger partial charge in [-0.3, -0.25) is 4.79 Å². The van der Waals surface area contributed by atoms with E-state index in [0.717, 1.165) is 11.3 Å². The lowest BCUT2D eigenvalue weighted by Crippen LogP contribution is -2.25. The third-order valence-electron chi connectivity index (χ3n) is 3.43. The Hall–Kier alpha value is -2.00. The van der Waals surface area contributed by atoms with Crippen LogP contribution in [0.1, 0.15) is 35.7 Å². The molecule has 2 aromatic rings. The maximum Gasteiger partial charge on any atom is 0.258 e. The Morgan fingerprint density at radius 2 is 1.70 bits per heavy atom. The third kappa shape index (κ3) is 5.95. The second-order valence-corrected chi connectivity index (χ2v) is 6.31. The van der Waals surface area contributed by atoms with Gasteiger partial charge in [0.05, 0.1) is 6.54 Å². The van der Waals surface area contributed by atoms with E-state index in [9.17, 15) is 4.79 Å². The minimum atomic E-state index is 0.0294. The lowest BCUT2D eigenvalue weighted by atomic mass is 10.1. The van der Waals surface area contributed by atoms with Crippen molar-refractivity contribution in [1.82, 2.24) is 4.90 Å². The van der Waals surface area contributed by atoms with E-state index in [1.54, 1.807) is 16.7 Å². The van der Waals surface area contributed by atoms with Gasteiger partial charge in [-0.15, -0.1) is 11.8 Å². The van der Waals surface area contributed by atoms with Crippen molar-refractivity contribution in [2.45, 2.75) is 26.3 Å². The van der Waals surface area contributed by atoms with E-state index in [-0.39, 0.29) is 5.91 Å². The van der Waals surface area contributed by atoms with Gasteiger partial charge in [0.15, 0.2) is 0 Å². The van der Waals surface area contributed by atoms with Gasteiger partial charge >= 0.3 is 0 Å². The first-order chi connectivity index (χ1) is 11.3. The number of hydrogen-bond donors (Lipinski definition) is 0. The van der Waals surface area contributed by atoms with Crippen LogP contribution in [0.2, 0.25) is 0 Å². The summed E-state index contributed by atoms with van der Waals surface area (Å²) >= 11 is 1.75. The Bertz CT molecular complexity index is 610. The Morgan fingerprint density at radius 3 is 2.35 bits per heavy atom. The number of benzene rings is 2. The van der Waals surface area contributed by atoms with E-state index in [1.807, 2.05) is 72.3 Å². The standard InChI is InChI=1S/C20H23NOS/c1-2-3-15-23-16-14-21(17-18-10-6-4-7-11-18)20(22)19-12-8-5-9-13-19/h4-14,16H,2-3,15,17H2,1H3/b16-14+. The van der Waals surface area contributed by atoms with E-state index in [2.05, 4.69) is 6.92 Å². The summed E-state index contributed by atoms with van der Waals surface area (Å²) < 4.78 is 0. The molecule has 120 valence electrons. The lowest BCUT2D eigenvalue weighted by molar-refractivity contribution is 0.0814. The number of carbonyl (C=O) groups excluding carboxylic acids is 1. The summed E-state index contributed by atoms with van der Waals surface area (Å²) in [5.41, 5.74) is 1.84. The van der Waals surface area contributed by atoms with Crippen LogP contribution in [-0.2, 0) is 6.54 Å². The molecular weight excluding hydrogens is 302 g/mol. The second kappa shape index (κ2) is 9.90. The Morgan fingerprint density at radius 1 is 1.04 bits per heavy atom. The summed E-state index contributed by atoms with van der Waals surface area (Å²) in [6.45, 7) is 2.77. The van der Waals surface area contributed by atoms with E-state index in [1.165, 1.54) is 12.8 Å². The molecule has 0 fully saturated rings. The summed E-state index contributed by atoms with van der Waals surface area (Å²) in [6, 6.07) is 19.5. The maximum atomic E-state index is 12.7. The Labute approximate surface area is 143 Å². The Kier molecular flexibility index (Phi) is 7.47. The molecule has 0 atom stereocenters. The van der Waals surface area contributed by atoms with Gasteiger partial charge in [0.1, 0.15) is 0 Å². The number of rotatable bonds is 8. The van der Waals surface area contributed by atoms with Crippen LogP contribution in [-0.4, -0.2) is 16.6 Å². The molecule has 0 unspecified atom stereocenters. The number of amides is 1. The van der Waals surface area contributed by atoms with Gasteiger partial charge in [0, 0.05) is 11.8 Å². The van der Waals surface area contributed by atoms with Crippen molar-refractivity contribution in [2.75, 3.05) is 5.75 Å². The summed E-state index contributed by atoms with van der Waals surface area (Å²) in [5.74, 6) is 1.12. The van der Waals surface area contributed by atoms with Gasteiger partial charge < -0.3 is 4.90 Å². The molecule has 0 radical (unpaired) electrons. The molecule has 0 aliphatic heterocycles. The van der Waals surface area contributed by atoms with Gasteiger partial charge in [-0.25, -0.2) is 0 Å². The molecule has 0 N–H and O–H groups in total. The third-order valence-corrected chi connectivity index (χ3v) is 4.27. The van der Waals surface area contributed by atoms with Crippen LogP contribution < -0.4 is 0 Å². The minimum absolute atomic E-state index is 0.0294. The molecule has 3 heteroatoms. The molecule has 0 aliphatic rings. The number of unbranched alkanes of at least 4 members (excludes halogenated alkanes) is 1. The van der Waals surface area contributed by atoms with E-state index >= 15 is 0 Å². The van der Waals surface area contributed by atoms with Crippen molar-refractivity contribution in [1.29, 1.82) is 0 Å². The monoisotopic (exact) mass is 325 g/mol. The first-order valence-corrected chi connectivity index (χ1v) is 9.04. The van der Waals surface area contributed by atoms with Crippen molar-refractivity contribution in [2.24, 2.45) is 0 Å². The zero-order valence-electron chi connectivity index (χ0n) is 13.5. The van der Waals surface area contributed by atoms with Gasteiger partial charge in [0.2, 0.25) is 0 Å². The fourth-order valence-corrected chi connectivity index (χ4v) is 2.96. The predicted molar refractivity (Wildman–Crippen MR) is 99.3 cm³/mol. The number of carbonyl (C=O) groups is 1. The van der Waals surface area contributed by atoms with E-state index in [0.29, 0.717) is 12.1 Å². The summed E-state index contributed by atoms with van der Waals surface area (Å²) in [6.07, 6.45) is 4.29. The molecule has 0 saturated carbocycles. The molecule has 0 aliphatic carbocycles. The van der Waals surface area contributed by atoms with Crippen molar-refractivity contribution in [3.05, 3.63) is 83.4 Å². The topological polar surface area (TPSA) is 20.3 Å². The second-order valence-electron chi connectivity index (χ2n) is 5.29. The van der Waals surface area contributed by atoms with Crippen LogP contribution >= 0.6 is 11.8 Å². The van der Waals surface area contributed by atoms with Gasteiger partial charge in [0.25, 0.3) is 5.91 Å². The van der Waals surface area contributed by atoms with Crippen molar-refractivity contribution >= 4 is 17.7 Å². The highest BCUT2D eigenvalue weighted by Crippen LogP contribution is 2.13. The SMILES string of the molecule is CCCCS/C=C/N(Cc1ccccc1)C(=O)c1ccccc1. The average molecular weight is 325 g/mol. The molecule has 2 aromatic carbocycles. The molecule has 1 amide bonds. The van der Waals surface area contributed by atoms with E-state index < -0.39 is 0 Å².